The van der Waals surface area contributed by atoms with E-state index in [0.29, 0.717) is 18.4 Å². The van der Waals surface area contributed by atoms with Gasteiger partial charge in [0.05, 0.1) is 5.56 Å². The number of rotatable bonds is 4. The average molecular weight is 301 g/mol. The molecule has 1 unspecified atom stereocenters. The second-order valence-electron chi connectivity index (χ2n) is 5.63. The lowest BCUT2D eigenvalue weighted by atomic mass is 10.0. The topological polar surface area (TPSA) is 40.5 Å². The number of carboxylic acids is 1. The summed E-state index contributed by atoms with van der Waals surface area (Å²) >= 11 is 0. The third kappa shape index (κ3) is 3.31. The van der Waals surface area contributed by atoms with Crippen molar-refractivity contribution in [3.05, 3.63) is 29.3 Å². The zero-order chi connectivity index (χ0) is 15.8. The molecule has 3 nitrogen and oxygen atoms in total. The monoisotopic (exact) mass is 301 g/mol. The van der Waals surface area contributed by atoms with Crippen molar-refractivity contribution in [2.24, 2.45) is 0 Å². The van der Waals surface area contributed by atoms with Crippen LogP contribution in [0.1, 0.15) is 37.8 Å². The first kappa shape index (κ1) is 15.7. The number of alkyl halides is 3. The summed E-state index contributed by atoms with van der Waals surface area (Å²) in [6.45, 7) is 3.92. The van der Waals surface area contributed by atoms with E-state index in [9.17, 15) is 18.0 Å². The van der Waals surface area contributed by atoms with Crippen LogP contribution in [-0.2, 0) is 17.4 Å². The fourth-order valence-electron chi connectivity index (χ4n) is 2.96. The third-order valence-electron chi connectivity index (χ3n) is 3.78. The van der Waals surface area contributed by atoms with Crippen molar-refractivity contribution in [1.29, 1.82) is 0 Å². The minimum Gasteiger partial charge on any atom is -0.481 e. The number of hydrogen-bond donors (Lipinski definition) is 1. The molecule has 116 valence electrons. The molecular weight excluding hydrogens is 283 g/mol. The summed E-state index contributed by atoms with van der Waals surface area (Å²) < 4.78 is 38.3. The van der Waals surface area contributed by atoms with Crippen LogP contribution in [0.4, 0.5) is 18.9 Å². The van der Waals surface area contributed by atoms with E-state index in [1.165, 1.54) is 12.1 Å². The van der Waals surface area contributed by atoms with Gasteiger partial charge in [0.2, 0.25) is 0 Å². The van der Waals surface area contributed by atoms with Crippen LogP contribution in [-0.4, -0.2) is 23.2 Å². The zero-order valence-electron chi connectivity index (χ0n) is 11.9. The number of fused-ring (bicyclic) bond motifs is 1. The number of nitrogens with zero attached hydrogens (tertiary/aromatic N) is 1. The van der Waals surface area contributed by atoms with E-state index < -0.39 is 17.7 Å². The first-order chi connectivity index (χ1) is 9.70. The maximum atomic E-state index is 12.8. The number of carbonyl (C=O) groups is 1. The molecule has 0 spiro atoms. The Morgan fingerprint density at radius 1 is 1.43 bits per heavy atom. The van der Waals surface area contributed by atoms with Gasteiger partial charge in [-0.05, 0) is 50.5 Å². The van der Waals surface area contributed by atoms with Gasteiger partial charge in [-0.3, -0.25) is 4.79 Å². The summed E-state index contributed by atoms with van der Waals surface area (Å²) in [5, 5.41) is 8.80. The van der Waals surface area contributed by atoms with Crippen LogP contribution >= 0.6 is 0 Å². The maximum absolute atomic E-state index is 12.8. The SMILES string of the molecule is CC(C)N1c2ccc(C(F)(F)F)cc2CC1CCC(=O)O. The molecule has 1 aliphatic heterocycles. The molecule has 1 N–H and O–H groups in total. The Morgan fingerprint density at radius 2 is 2.10 bits per heavy atom. The highest BCUT2D eigenvalue weighted by Gasteiger charge is 2.35. The standard InChI is InChI=1S/C15H18F3NO2/c1-9(2)19-12(4-6-14(20)21)8-10-7-11(15(16,17)18)3-5-13(10)19/h3,5,7,9,12H,4,6,8H2,1-2H3,(H,20,21). The summed E-state index contributed by atoms with van der Waals surface area (Å²) in [6.07, 6.45) is -3.43. The lowest BCUT2D eigenvalue weighted by molar-refractivity contribution is -0.138. The molecule has 0 saturated carbocycles. The second-order valence-corrected chi connectivity index (χ2v) is 5.63. The number of aliphatic carboxylic acids is 1. The summed E-state index contributed by atoms with van der Waals surface area (Å²) in [4.78, 5) is 12.7. The van der Waals surface area contributed by atoms with E-state index >= 15 is 0 Å². The second kappa shape index (κ2) is 5.58. The Hall–Kier alpha value is -1.72. The van der Waals surface area contributed by atoms with Gasteiger partial charge in [0, 0.05) is 24.2 Å². The Labute approximate surface area is 121 Å². The average Bonchev–Trinajstić information content (AvgIpc) is 2.72. The minimum absolute atomic E-state index is 0.0218. The van der Waals surface area contributed by atoms with Gasteiger partial charge in [-0.25, -0.2) is 0 Å². The van der Waals surface area contributed by atoms with E-state index in [1.54, 1.807) is 0 Å². The van der Waals surface area contributed by atoms with Crippen LogP contribution in [0.15, 0.2) is 18.2 Å². The van der Waals surface area contributed by atoms with Gasteiger partial charge in [0.1, 0.15) is 0 Å². The maximum Gasteiger partial charge on any atom is 0.416 e. The molecule has 2 rings (SSSR count). The van der Waals surface area contributed by atoms with Gasteiger partial charge in [-0.2, -0.15) is 13.2 Å². The highest BCUT2D eigenvalue weighted by molar-refractivity contribution is 5.67. The van der Waals surface area contributed by atoms with Crippen LogP contribution in [0.25, 0.3) is 0 Å². The number of anilines is 1. The van der Waals surface area contributed by atoms with Crippen molar-refractivity contribution in [3.63, 3.8) is 0 Å². The van der Waals surface area contributed by atoms with E-state index in [4.69, 9.17) is 5.11 Å². The molecular formula is C15H18F3NO2. The number of benzene rings is 1. The first-order valence-corrected chi connectivity index (χ1v) is 6.90. The van der Waals surface area contributed by atoms with Crippen LogP contribution < -0.4 is 4.90 Å². The van der Waals surface area contributed by atoms with E-state index in [0.717, 1.165) is 11.8 Å². The Balaban J connectivity index is 2.29. The highest BCUT2D eigenvalue weighted by atomic mass is 19.4. The van der Waals surface area contributed by atoms with Crippen molar-refractivity contribution < 1.29 is 23.1 Å². The molecule has 1 aliphatic rings. The van der Waals surface area contributed by atoms with Crippen molar-refractivity contribution in [3.8, 4) is 0 Å². The Morgan fingerprint density at radius 3 is 2.62 bits per heavy atom. The summed E-state index contributed by atoms with van der Waals surface area (Å²) in [5.74, 6) is -0.884. The molecule has 0 amide bonds. The van der Waals surface area contributed by atoms with Crippen LogP contribution in [0, 0.1) is 0 Å². The van der Waals surface area contributed by atoms with Crippen molar-refractivity contribution in [2.45, 2.75) is 51.4 Å². The predicted molar refractivity (Wildman–Crippen MR) is 73.4 cm³/mol. The molecule has 1 aromatic rings. The van der Waals surface area contributed by atoms with E-state index in [1.807, 2.05) is 18.7 Å². The van der Waals surface area contributed by atoms with Gasteiger partial charge in [0.15, 0.2) is 0 Å². The summed E-state index contributed by atoms with van der Waals surface area (Å²) in [7, 11) is 0. The molecule has 6 heteroatoms. The fourth-order valence-corrected chi connectivity index (χ4v) is 2.96. The van der Waals surface area contributed by atoms with Crippen molar-refractivity contribution >= 4 is 11.7 Å². The lowest BCUT2D eigenvalue weighted by Crippen LogP contribution is -2.38. The normalized spacial score (nSPS) is 18.2. The molecule has 0 aromatic heterocycles. The van der Waals surface area contributed by atoms with Gasteiger partial charge >= 0.3 is 12.1 Å². The third-order valence-corrected chi connectivity index (χ3v) is 3.78. The minimum atomic E-state index is -4.35. The first-order valence-electron chi connectivity index (χ1n) is 6.90. The largest absolute Gasteiger partial charge is 0.481 e. The van der Waals surface area contributed by atoms with Crippen LogP contribution in [0.3, 0.4) is 0 Å². The van der Waals surface area contributed by atoms with Gasteiger partial charge in [-0.1, -0.05) is 0 Å². The summed E-state index contributed by atoms with van der Waals surface area (Å²) in [5.41, 5.74) is 0.783. The molecule has 1 atom stereocenters. The fraction of sp³-hybridized carbons (Fsp3) is 0.533. The molecule has 1 aromatic carbocycles. The molecule has 1 heterocycles. The van der Waals surface area contributed by atoms with E-state index in [-0.39, 0.29) is 18.5 Å². The van der Waals surface area contributed by atoms with Gasteiger partial charge < -0.3 is 10.0 Å². The molecule has 0 bridgehead atoms. The molecule has 0 radical (unpaired) electrons. The molecule has 0 saturated heterocycles. The van der Waals surface area contributed by atoms with Crippen molar-refractivity contribution in [2.75, 3.05) is 4.90 Å². The Bertz CT molecular complexity index is 540. The predicted octanol–water partition coefficient (Wildman–Crippen LogP) is 3.71. The zero-order valence-corrected chi connectivity index (χ0v) is 11.9. The van der Waals surface area contributed by atoms with Gasteiger partial charge in [-0.15, -0.1) is 0 Å². The van der Waals surface area contributed by atoms with E-state index in [2.05, 4.69) is 0 Å². The van der Waals surface area contributed by atoms with Crippen LogP contribution in [0.2, 0.25) is 0 Å². The smallest absolute Gasteiger partial charge is 0.416 e. The number of halogens is 3. The molecule has 21 heavy (non-hydrogen) atoms. The van der Waals surface area contributed by atoms with Gasteiger partial charge in [0.25, 0.3) is 0 Å². The summed E-state index contributed by atoms with van der Waals surface area (Å²) in [6, 6.07) is 3.83. The Kier molecular flexibility index (Phi) is 4.16. The quantitative estimate of drug-likeness (QED) is 0.921. The number of carboxylic acid groups (broad SMARTS) is 1. The van der Waals surface area contributed by atoms with Crippen molar-refractivity contribution in [1.82, 2.24) is 0 Å². The lowest BCUT2D eigenvalue weighted by Gasteiger charge is -2.31. The van der Waals surface area contributed by atoms with Crippen LogP contribution in [0.5, 0.6) is 0 Å². The highest BCUT2D eigenvalue weighted by Crippen LogP contribution is 2.39. The molecule has 0 fully saturated rings. The molecule has 0 aliphatic carbocycles. The number of hydrogen-bond acceptors (Lipinski definition) is 2.